The fourth-order valence-electron chi connectivity index (χ4n) is 6.39. The molecular formula is C34H43N5O4P+. The van der Waals surface area contributed by atoms with E-state index in [1.165, 1.54) is 11.9 Å². The molecule has 3 N–H and O–H groups in total. The van der Waals surface area contributed by atoms with Gasteiger partial charge in [0, 0.05) is 32.2 Å². The molecule has 0 bridgehead atoms. The topological polar surface area (TPSA) is 112 Å². The molecular weight excluding hydrogens is 573 g/mol. The van der Waals surface area contributed by atoms with E-state index in [1.807, 2.05) is 25.2 Å². The van der Waals surface area contributed by atoms with Crippen LogP contribution >= 0.6 is 7.72 Å². The summed E-state index contributed by atoms with van der Waals surface area (Å²) in [5.41, 5.74) is 5.48. The zero-order chi connectivity index (χ0) is 30.7. The molecule has 6 rings (SSSR count). The van der Waals surface area contributed by atoms with Crippen LogP contribution in [0.1, 0.15) is 68.6 Å². The first-order chi connectivity index (χ1) is 21.3. The maximum absolute atomic E-state index is 11.2. The third-order valence-corrected chi connectivity index (χ3v) is 11.0. The first-order valence-electron chi connectivity index (χ1n) is 15.6. The number of aromatic nitrogens is 2. The van der Waals surface area contributed by atoms with Gasteiger partial charge in [0.1, 0.15) is 12.1 Å². The van der Waals surface area contributed by atoms with E-state index in [2.05, 4.69) is 64.4 Å². The number of ether oxygens (including phenoxy) is 2. The number of anilines is 1. The van der Waals surface area contributed by atoms with Crippen molar-refractivity contribution in [2.45, 2.75) is 64.0 Å². The molecule has 0 radical (unpaired) electrons. The maximum atomic E-state index is 11.2. The minimum absolute atomic E-state index is 0.426. The molecule has 0 amide bonds. The van der Waals surface area contributed by atoms with Gasteiger partial charge in [0.25, 0.3) is 0 Å². The highest BCUT2D eigenvalue weighted by atomic mass is 31.2. The molecule has 1 saturated carbocycles. The van der Waals surface area contributed by atoms with Crippen LogP contribution < -0.4 is 15.4 Å². The van der Waals surface area contributed by atoms with E-state index >= 15 is 0 Å². The zero-order valence-corrected chi connectivity index (χ0v) is 26.8. The summed E-state index contributed by atoms with van der Waals surface area (Å²) in [5.74, 6) is 3.34. The summed E-state index contributed by atoms with van der Waals surface area (Å²) in [6.45, 7) is 8.26. The predicted octanol–water partition coefficient (Wildman–Crippen LogP) is 5.73. The number of rotatable bonds is 8. The molecule has 0 spiro atoms. The number of fused-ring (bicyclic) bond motifs is 1. The lowest BCUT2D eigenvalue weighted by molar-refractivity contribution is 0.0342. The fourth-order valence-corrected chi connectivity index (χ4v) is 7.97. The van der Waals surface area contributed by atoms with Crippen LogP contribution in [0.2, 0.25) is 0 Å². The van der Waals surface area contributed by atoms with Gasteiger partial charge in [-0.3, -0.25) is 4.90 Å². The molecule has 232 valence electrons. The number of morpholine rings is 1. The highest BCUT2D eigenvalue weighted by molar-refractivity contribution is 7.75. The Morgan fingerprint density at radius 1 is 1.07 bits per heavy atom. The third-order valence-electron chi connectivity index (χ3n) is 9.19. The van der Waals surface area contributed by atoms with Gasteiger partial charge < -0.3 is 14.8 Å². The molecule has 10 heteroatoms. The van der Waals surface area contributed by atoms with Crippen LogP contribution in [0.4, 0.5) is 11.5 Å². The summed E-state index contributed by atoms with van der Waals surface area (Å²) >= 11 is 0. The van der Waals surface area contributed by atoms with Crippen molar-refractivity contribution in [1.29, 1.82) is 0 Å². The van der Waals surface area contributed by atoms with E-state index in [9.17, 15) is 9.79 Å². The van der Waals surface area contributed by atoms with Crippen molar-refractivity contribution < 1.29 is 19.3 Å². The number of aliphatic imine (C=N–C) groups is 1. The Morgan fingerprint density at radius 3 is 2.52 bits per heavy atom. The van der Waals surface area contributed by atoms with Crippen molar-refractivity contribution in [1.82, 2.24) is 14.9 Å². The Labute approximate surface area is 260 Å². The second kappa shape index (κ2) is 13.0. The maximum Gasteiger partial charge on any atom is 0.325 e. The minimum Gasteiger partial charge on any atom is -0.463 e. The summed E-state index contributed by atoms with van der Waals surface area (Å²) in [6.07, 6.45) is 5.93. The van der Waals surface area contributed by atoms with Gasteiger partial charge in [0.15, 0.2) is 22.4 Å². The van der Waals surface area contributed by atoms with Gasteiger partial charge in [-0.05, 0) is 73.8 Å². The van der Waals surface area contributed by atoms with Gasteiger partial charge in [0.2, 0.25) is 5.88 Å². The molecule has 9 nitrogen and oxygen atoms in total. The highest BCUT2D eigenvalue weighted by Crippen LogP contribution is 2.53. The zero-order valence-electron chi connectivity index (χ0n) is 25.9. The lowest BCUT2D eigenvalue weighted by atomic mass is 9.81. The molecule has 2 fully saturated rings. The van der Waals surface area contributed by atoms with Crippen molar-refractivity contribution in [2.24, 2.45) is 4.99 Å². The first kappa shape index (κ1) is 30.8. The minimum atomic E-state index is -3.35. The largest absolute Gasteiger partial charge is 0.463 e. The third kappa shape index (κ3) is 6.58. The van der Waals surface area contributed by atoms with E-state index in [1.54, 1.807) is 5.82 Å². The highest BCUT2D eigenvalue weighted by Gasteiger charge is 2.39. The Morgan fingerprint density at radius 2 is 1.82 bits per heavy atom. The molecule has 3 aliphatic rings. The van der Waals surface area contributed by atoms with E-state index in [4.69, 9.17) is 14.5 Å². The Balaban J connectivity index is 1.12. The molecule has 1 unspecified atom stereocenters. The predicted molar refractivity (Wildman–Crippen MR) is 176 cm³/mol. The molecule has 3 aromatic rings. The molecule has 44 heavy (non-hydrogen) atoms. The molecule has 1 atom stereocenters. The van der Waals surface area contributed by atoms with Crippen molar-refractivity contribution in [2.75, 3.05) is 38.7 Å². The molecule has 1 aromatic heterocycles. The summed E-state index contributed by atoms with van der Waals surface area (Å²) < 4.78 is 11.8. The Bertz CT molecular complexity index is 1530. The van der Waals surface area contributed by atoms with Crippen LogP contribution in [0.3, 0.4) is 0 Å². The lowest BCUT2D eigenvalue weighted by Crippen LogP contribution is -2.43. The molecule has 1 saturated heterocycles. The van der Waals surface area contributed by atoms with Crippen LogP contribution in [-0.2, 0) is 11.3 Å². The number of nitrogens with one attached hydrogen (secondary N) is 1. The Hall–Kier alpha value is -3.20. The Kier molecular flexibility index (Phi) is 9.13. The van der Waals surface area contributed by atoms with Gasteiger partial charge in [-0.15, -0.1) is 0 Å². The van der Waals surface area contributed by atoms with Crippen LogP contribution in [0.15, 0.2) is 71.2 Å². The smallest absolute Gasteiger partial charge is 0.325 e. The van der Waals surface area contributed by atoms with Crippen LogP contribution in [0, 0.1) is 0 Å². The van der Waals surface area contributed by atoms with Crippen LogP contribution in [-0.4, -0.2) is 69.3 Å². The average Bonchev–Trinajstić information content (AvgIpc) is 3.05. The second-order valence-corrected chi connectivity index (χ2v) is 14.2. The summed E-state index contributed by atoms with van der Waals surface area (Å²) in [4.78, 5) is 38.4. The molecule has 1 aliphatic carbocycles. The monoisotopic (exact) mass is 616 g/mol. The number of allylic oxidation sites excluding steroid dienone is 1. The van der Waals surface area contributed by atoms with Crippen LogP contribution in [0.5, 0.6) is 5.88 Å². The van der Waals surface area contributed by atoms with Crippen molar-refractivity contribution in [3.63, 3.8) is 0 Å². The first-order valence-corrected chi connectivity index (χ1v) is 17.4. The van der Waals surface area contributed by atoms with Gasteiger partial charge in [-0.25, -0.2) is 19.8 Å². The SMILES string of the molecule is CCC1(C)Oc2ncnc(NC)c2N=C1c1ccc(C2CCC(=C[P+](O)(O)c3cccc(CN4CCOCC4)c3)CC2)cc1. The standard InChI is InChI=1S/C34H43N5O4P/c1-4-34(2)31(38-30-32(35-3)36-23-37-33(30)43-34)28-14-12-27(13-15-28)26-10-8-24(9-11-26)22-44(40,41)29-7-5-6-25(20-29)21-39-16-18-42-19-17-39/h5-7,12-15,20,22-23,26,40-41H,4,8-11,16-19,21H2,1-3H3,(H,35,36,37)/q+1. The van der Waals surface area contributed by atoms with E-state index < -0.39 is 13.3 Å². The number of nitrogens with zero attached hydrogens (tertiary/aromatic N) is 4. The second-order valence-electron chi connectivity index (χ2n) is 12.2. The number of hydrogen-bond donors (Lipinski definition) is 3. The van der Waals surface area contributed by atoms with E-state index in [-0.39, 0.29) is 0 Å². The van der Waals surface area contributed by atoms with Crippen molar-refractivity contribution in [3.8, 4) is 5.88 Å². The van der Waals surface area contributed by atoms with Crippen molar-refractivity contribution in [3.05, 3.63) is 82.9 Å². The lowest BCUT2D eigenvalue weighted by Gasteiger charge is -2.34. The molecule has 2 aromatic carbocycles. The fraction of sp³-hybridized carbons (Fsp3) is 0.441. The average molecular weight is 617 g/mol. The summed E-state index contributed by atoms with van der Waals surface area (Å²) in [7, 11) is -1.53. The molecule has 3 heterocycles. The quantitative estimate of drug-likeness (QED) is 0.275. The number of hydrogen-bond acceptors (Lipinski definition) is 9. The van der Waals surface area contributed by atoms with Gasteiger partial charge in [-0.2, -0.15) is 4.98 Å². The summed E-state index contributed by atoms with van der Waals surface area (Å²) in [6, 6.07) is 16.5. The van der Waals surface area contributed by atoms with Gasteiger partial charge >= 0.3 is 7.72 Å². The van der Waals surface area contributed by atoms with E-state index in [0.717, 1.165) is 87.4 Å². The van der Waals surface area contributed by atoms with Gasteiger partial charge in [0.05, 0.1) is 18.9 Å². The van der Waals surface area contributed by atoms with Crippen molar-refractivity contribution >= 4 is 30.2 Å². The normalized spacial score (nSPS) is 22.5. The number of benzene rings is 2. The van der Waals surface area contributed by atoms with Crippen LogP contribution in [0.25, 0.3) is 0 Å². The van der Waals surface area contributed by atoms with Gasteiger partial charge in [-0.1, -0.05) is 43.3 Å². The summed E-state index contributed by atoms with van der Waals surface area (Å²) in [5, 5.41) is 3.71. The van der Waals surface area contributed by atoms with E-state index in [0.29, 0.717) is 28.6 Å². The molecule has 2 aliphatic heterocycles.